The van der Waals surface area contributed by atoms with Gasteiger partial charge in [-0.05, 0) is 4.83 Å². The molecule has 0 bridgehead atoms. The lowest BCUT2D eigenvalue weighted by atomic mass is 9.88. The number of amides is 1. The molecular formula is C9H12BrNO2. The fourth-order valence-electron chi connectivity index (χ4n) is 1.24. The molecule has 1 aliphatic rings. The molecule has 0 radical (unpaired) electrons. The van der Waals surface area contributed by atoms with Crippen molar-refractivity contribution in [3.63, 3.8) is 0 Å². The van der Waals surface area contributed by atoms with Gasteiger partial charge in [-0.25, -0.2) is 0 Å². The van der Waals surface area contributed by atoms with Gasteiger partial charge in [0.15, 0.2) is 0 Å². The lowest BCUT2D eigenvalue weighted by molar-refractivity contribution is -0.116. The maximum Gasteiger partial charge on any atom is 0.297 e. The zero-order chi connectivity index (χ0) is 9.90. The van der Waals surface area contributed by atoms with E-state index in [2.05, 4.69) is 45.8 Å². The van der Waals surface area contributed by atoms with E-state index in [0.717, 1.165) is 0 Å². The predicted molar refractivity (Wildman–Crippen MR) is 53.2 cm³/mol. The van der Waals surface area contributed by atoms with Crippen LogP contribution in [0.4, 0.5) is 0 Å². The normalized spacial score (nSPS) is 24.7. The molecule has 13 heavy (non-hydrogen) atoms. The summed E-state index contributed by atoms with van der Waals surface area (Å²) in [5, 5.41) is 2.80. The Bertz CT molecular complexity index is 265. The fourth-order valence-corrected chi connectivity index (χ4v) is 1.42. The van der Waals surface area contributed by atoms with E-state index in [9.17, 15) is 4.79 Å². The van der Waals surface area contributed by atoms with E-state index in [1.807, 2.05) is 0 Å². The number of carbonyl (C=O) groups excluding carboxylic acids is 1. The van der Waals surface area contributed by atoms with Crippen molar-refractivity contribution in [1.82, 2.24) is 5.32 Å². The standard InChI is InChI=1S/C9H12BrNO2/c1-9(2)6-13-5-7(9)11-8(12)3-4-10/h7H,5-6H2,1-2H3,(H,11,12). The van der Waals surface area contributed by atoms with Gasteiger partial charge in [-0.2, -0.15) is 0 Å². The van der Waals surface area contributed by atoms with E-state index >= 15 is 0 Å². The van der Waals surface area contributed by atoms with Crippen molar-refractivity contribution in [3.8, 4) is 10.8 Å². The van der Waals surface area contributed by atoms with Crippen molar-refractivity contribution in [2.24, 2.45) is 5.41 Å². The Hall–Kier alpha value is -0.530. The number of nitrogens with one attached hydrogen (secondary N) is 1. The maximum absolute atomic E-state index is 11.1. The van der Waals surface area contributed by atoms with E-state index in [4.69, 9.17) is 4.74 Å². The van der Waals surface area contributed by atoms with Crippen molar-refractivity contribution in [2.75, 3.05) is 13.2 Å². The average Bonchev–Trinajstić information content (AvgIpc) is 2.31. The molecule has 0 saturated carbocycles. The first kappa shape index (κ1) is 10.6. The van der Waals surface area contributed by atoms with Crippen molar-refractivity contribution >= 4 is 21.8 Å². The maximum atomic E-state index is 11.1. The highest BCUT2D eigenvalue weighted by molar-refractivity contribution is 9.12. The van der Waals surface area contributed by atoms with Crippen LogP contribution in [-0.4, -0.2) is 25.2 Å². The molecule has 0 aromatic rings. The van der Waals surface area contributed by atoms with Crippen molar-refractivity contribution < 1.29 is 9.53 Å². The summed E-state index contributed by atoms with van der Waals surface area (Å²) in [5.41, 5.74) is 0.00362. The third-order valence-corrected chi connectivity index (χ3v) is 2.37. The van der Waals surface area contributed by atoms with Crippen LogP contribution in [0.25, 0.3) is 0 Å². The summed E-state index contributed by atoms with van der Waals surface area (Å²) >= 11 is 2.87. The summed E-state index contributed by atoms with van der Waals surface area (Å²) in [7, 11) is 0. The molecule has 1 fully saturated rings. The van der Waals surface area contributed by atoms with E-state index in [-0.39, 0.29) is 17.4 Å². The van der Waals surface area contributed by atoms with Crippen LogP contribution in [-0.2, 0) is 9.53 Å². The highest BCUT2D eigenvalue weighted by atomic mass is 79.9. The monoisotopic (exact) mass is 245 g/mol. The quantitative estimate of drug-likeness (QED) is 0.697. The fraction of sp³-hybridized carbons (Fsp3) is 0.667. The van der Waals surface area contributed by atoms with E-state index in [1.54, 1.807) is 0 Å². The number of ether oxygens (including phenoxy) is 1. The first-order valence-electron chi connectivity index (χ1n) is 4.06. The molecule has 1 saturated heterocycles. The summed E-state index contributed by atoms with van der Waals surface area (Å²) in [6.07, 6.45) is 0. The minimum absolute atomic E-state index is 0.00362. The van der Waals surface area contributed by atoms with Crippen molar-refractivity contribution in [3.05, 3.63) is 0 Å². The summed E-state index contributed by atoms with van der Waals surface area (Å²) in [5.74, 6) is 2.11. The van der Waals surface area contributed by atoms with Crippen LogP contribution in [0.1, 0.15) is 13.8 Å². The van der Waals surface area contributed by atoms with Crippen LogP contribution in [0.5, 0.6) is 0 Å². The molecule has 1 unspecified atom stereocenters. The van der Waals surface area contributed by atoms with Gasteiger partial charge in [-0.3, -0.25) is 4.79 Å². The van der Waals surface area contributed by atoms with Gasteiger partial charge in [0.1, 0.15) is 0 Å². The third-order valence-electron chi connectivity index (χ3n) is 2.17. The lowest BCUT2D eigenvalue weighted by Gasteiger charge is -2.24. The van der Waals surface area contributed by atoms with Crippen LogP contribution >= 0.6 is 15.9 Å². The smallest absolute Gasteiger partial charge is 0.297 e. The molecule has 0 aliphatic carbocycles. The molecule has 1 rings (SSSR count). The van der Waals surface area contributed by atoms with Gasteiger partial charge in [0.2, 0.25) is 0 Å². The second kappa shape index (κ2) is 4.12. The molecule has 1 amide bonds. The summed E-state index contributed by atoms with van der Waals surface area (Å²) < 4.78 is 5.28. The Morgan fingerprint density at radius 1 is 1.69 bits per heavy atom. The molecule has 0 aromatic carbocycles. The van der Waals surface area contributed by atoms with Crippen LogP contribution in [0.15, 0.2) is 0 Å². The Labute approximate surface area is 86.3 Å². The van der Waals surface area contributed by atoms with Gasteiger partial charge in [0.05, 0.1) is 19.3 Å². The lowest BCUT2D eigenvalue weighted by Crippen LogP contribution is -2.43. The Kier molecular flexibility index (Phi) is 3.34. The molecule has 0 aromatic heterocycles. The Morgan fingerprint density at radius 3 is 2.85 bits per heavy atom. The highest BCUT2D eigenvalue weighted by Gasteiger charge is 2.36. The van der Waals surface area contributed by atoms with Gasteiger partial charge in [0.25, 0.3) is 5.91 Å². The Morgan fingerprint density at radius 2 is 2.38 bits per heavy atom. The third kappa shape index (κ3) is 2.71. The van der Waals surface area contributed by atoms with E-state index in [0.29, 0.717) is 13.2 Å². The minimum Gasteiger partial charge on any atom is -0.379 e. The minimum atomic E-state index is -0.263. The van der Waals surface area contributed by atoms with Gasteiger partial charge in [-0.1, -0.05) is 13.8 Å². The van der Waals surface area contributed by atoms with Gasteiger partial charge >= 0.3 is 0 Å². The largest absolute Gasteiger partial charge is 0.379 e. The zero-order valence-electron chi connectivity index (χ0n) is 7.69. The number of hydrogen-bond donors (Lipinski definition) is 1. The van der Waals surface area contributed by atoms with E-state index in [1.165, 1.54) is 0 Å². The molecule has 1 N–H and O–H groups in total. The number of rotatable bonds is 1. The summed E-state index contributed by atoms with van der Waals surface area (Å²) in [6, 6.07) is 0.0633. The van der Waals surface area contributed by atoms with Crippen molar-refractivity contribution in [2.45, 2.75) is 19.9 Å². The molecule has 1 aliphatic heterocycles. The SMILES string of the molecule is CC1(C)COCC1NC(=O)C#CBr. The van der Waals surface area contributed by atoms with Crippen LogP contribution in [0.3, 0.4) is 0 Å². The molecule has 1 atom stereocenters. The van der Waals surface area contributed by atoms with Gasteiger partial charge in [0, 0.05) is 27.3 Å². The van der Waals surface area contributed by atoms with Crippen LogP contribution in [0, 0.1) is 16.2 Å². The second-order valence-corrected chi connectivity index (χ2v) is 4.15. The number of halogens is 1. The van der Waals surface area contributed by atoms with Crippen LogP contribution < -0.4 is 5.32 Å². The topological polar surface area (TPSA) is 38.3 Å². The number of carbonyl (C=O) groups is 1. The predicted octanol–water partition coefficient (Wildman–Crippen LogP) is 0.883. The zero-order valence-corrected chi connectivity index (χ0v) is 9.27. The average molecular weight is 246 g/mol. The van der Waals surface area contributed by atoms with Gasteiger partial charge < -0.3 is 10.1 Å². The summed E-state index contributed by atoms with van der Waals surface area (Å²) in [4.78, 5) is 13.5. The highest BCUT2D eigenvalue weighted by Crippen LogP contribution is 2.26. The molecule has 4 heteroatoms. The molecule has 72 valence electrons. The molecule has 3 nitrogen and oxygen atoms in total. The number of hydrogen-bond acceptors (Lipinski definition) is 2. The summed E-state index contributed by atoms with van der Waals surface area (Å²) in [6.45, 7) is 5.38. The molecular weight excluding hydrogens is 234 g/mol. The van der Waals surface area contributed by atoms with E-state index < -0.39 is 0 Å². The first-order valence-corrected chi connectivity index (χ1v) is 4.85. The second-order valence-electron chi connectivity index (χ2n) is 3.75. The first-order chi connectivity index (χ1) is 6.06. The Balaban J connectivity index is 2.53. The molecule has 0 spiro atoms. The van der Waals surface area contributed by atoms with Crippen molar-refractivity contribution in [1.29, 1.82) is 0 Å². The van der Waals surface area contributed by atoms with Crippen LogP contribution in [0.2, 0.25) is 0 Å². The molecule has 1 heterocycles. The van der Waals surface area contributed by atoms with Gasteiger partial charge in [-0.15, -0.1) is 0 Å².